The molecule has 0 aliphatic heterocycles. The molecule has 0 spiro atoms. The molecule has 1 aromatic carbocycles. The van der Waals surface area contributed by atoms with Crippen LogP contribution in [0.25, 0.3) is 0 Å². The van der Waals surface area contributed by atoms with Crippen LogP contribution in [-0.2, 0) is 11.2 Å². The number of oxazole rings is 1. The quantitative estimate of drug-likeness (QED) is 0.911. The van der Waals surface area contributed by atoms with Crippen molar-refractivity contribution in [2.75, 3.05) is 5.32 Å². The molecular formula is C12H11ClN2O2. The molecule has 1 amide bonds. The second-order valence-corrected chi connectivity index (χ2v) is 4.10. The number of nitrogens with zero attached hydrogens (tertiary/aromatic N) is 1. The molecule has 0 unspecified atom stereocenters. The Morgan fingerprint density at radius 3 is 3.00 bits per heavy atom. The van der Waals surface area contributed by atoms with E-state index in [1.165, 1.54) is 12.7 Å². The lowest BCUT2D eigenvalue weighted by Gasteiger charge is -2.07. The fourth-order valence-electron chi connectivity index (χ4n) is 1.45. The minimum atomic E-state index is -0.135. The molecule has 1 N–H and O–H groups in total. The number of rotatable bonds is 3. The van der Waals surface area contributed by atoms with Crippen molar-refractivity contribution in [1.29, 1.82) is 0 Å². The number of hydrogen-bond acceptors (Lipinski definition) is 3. The van der Waals surface area contributed by atoms with Crippen LogP contribution in [0, 0.1) is 6.92 Å². The van der Waals surface area contributed by atoms with Crippen LogP contribution in [0.15, 0.2) is 35.3 Å². The number of hydrogen-bond donors (Lipinski definition) is 1. The number of carbonyl (C=O) groups is 1. The first-order valence-corrected chi connectivity index (χ1v) is 5.46. The number of aryl methyl sites for hydroxylation is 1. The largest absolute Gasteiger partial charge is 0.451 e. The average molecular weight is 251 g/mol. The molecule has 88 valence electrons. The zero-order chi connectivity index (χ0) is 12.3. The second-order valence-electron chi connectivity index (χ2n) is 3.66. The highest BCUT2D eigenvalue weighted by molar-refractivity contribution is 6.30. The molecule has 1 aromatic heterocycles. The van der Waals surface area contributed by atoms with E-state index in [0.717, 1.165) is 11.3 Å². The number of nitrogens with one attached hydrogen (secondary N) is 1. The van der Waals surface area contributed by atoms with Crippen LogP contribution >= 0.6 is 11.6 Å². The summed E-state index contributed by atoms with van der Waals surface area (Å²) in [5.74, 6) is -0.135. The summed E-state index contributed by atoms with van der Waals surface area (Å²) in [5.41, 5.74) is 2.28. The van der Waals surface area contributed by atoms with Crippen LogP contribution in [0.2, 0.25) is 5.02 Å². The zero-order valence-corrected chi connectivity index (χ0v) is 9.99. The molecule has 0 fully saturated rings. The maximum atomic E-state index is 11.7. The smallest absolute Gasteiger partial charge is 0.230 e. The van der Waals surface area contributed by atoms with Gasteiger partial charge in [-0.1, -0.05) is 11.6 Å². The van der Waals surface area contributed by atoms with Gasteiger partial charge in [0.1, 0.15) is 6.26 Å². The Labute approximate surface area is 104 Å². The van der Waals surface area contributed by atoms with E-state index >= 15 is 0 Å². The van der Waals surface area contributed by atoms with Gasteiger partial charge in [0.25, 0.3) is 0 Å². The van der Waals surface area contributed by atoms with Gasteiger partial charge in [0.2, 0.25) is 5.91 Å². The molecule has 0 aliphatic carbocycles. The predicted molar refractivity (Wildman–Crippen MR) is 65.0 cm³/mol. The Morgan fingerprint density at radius 2 is 2.35 bits per heavy atom. The predicted octanol–water partition coefficient (Wildman–Crippen LogP) is 2.82. The Kier molecular flexibility index (Phi) is 3.44. The van der Waals surface area contributed by atoms with E-state index in [0.29, 0.717) is 10.7 Å². The van der Waals surface area contributed by atoms with E-state index in [1.807, 2.05) is 6.92 Å². The van der Waals surface area contributed by atoms with E-state index in [9.17, 15) is 4.79 Å². The number of carbonyl (C=O) groups excluding carboxylic acids is 1. The molecule has 0 saturated carbocycles. The lowest BCUT2D eigenvalue weighted by molar-refractivity contribution is -0.115. The van der Waals surface area contributed by atoms with Crippen LogP contribution in [0.1, 0.15) is 11.3 Å². The third-order valence-electron chi connectivity index (χ3n) is 2.29. The highest BCUT2D eigenvalue weighted by atomic mass is 35.5. The lowest BCUT2D eigenvalue weighted by Crippen LogP contribution is -2.15. The topological polar surface area (TPSA) is 55.1 Å². The maximum Gasteiger partial charge on any atom is 0.230 e. The summed E-state index contributed by atoms with van der Waals surface area (Å²) in [6.07, 6.45) is 2.95. The van der Waals surface area contributed by atoms with Crippen molar-refractivity contribution in [2.45, 2.75) is 13.3 Å². The number of halogens is 1. The molecule has 2 aromatic rings. The van der Waals surface area contributed by atoms with Crippen LogP contribution < -0.4 is 5.32 Å². The zero-order valence-electron chi connectivity index (χ0n) is 9.24. The van der Waals surface area contributed by atoms with Crippen molar-refractivity contribution in [2.24, 2.45) is 0 Å². The Hall–Kier alpha value is -1.81. The minimum absolute atomic E-state index is 0.135. The molecule has 2 rings (SSSR count). The van der Waals surface area contributed by atoms with Crippen molar-refractivity contribution >= 4 is 23.2 Å². The summed E-state index contributed by atoms with van der Waals surface area (Å²) in [5, 5.41) is 3.45. The first-order chi connectivity index (χ1) is 8.15. The highest BCUT2D eigenvalue weighted by Crippen LogP contribution is 2.19. The number of benzene rings is 1. The van der Waals surface area contributed by atoms with E-state index in [-0.39, 0.29) is 12.3 Å². The van der Waals surface area contributed by atoms with Gasteiger partial charge in [-0.2, -0.15) is 0 Å². The molecule has 0 atom stereocenters. The van der Waals surface area contributed by atoms with Gasteiger partial charge in [-0.05, 0) is 30.7 Å². The third-order valence-corrected chi connectivity index (χ3v) is 2.52. The van der Waals surface area contributed by atoms with E-state index in [1.54, 1.807) is 18.2 Å². The molecule has 0 radical (unpaired) electrons. The SMILES string of the molecule is Cc1cc(Cl)ccc1NC(=O)Cc1cocn1. The first kappa shape index (κ1) is 11.7. The molecule has 0 saturated heterocycles. The van der Waals surface area contributed by atoms with Crippen LogP contribution in [-0.4, -0.2) is 10.9 Å². The van der Waals surface area contributed by atoms with Gasteiger partial charge in [-0.3, -0.25) is 4.79 Å². The number of aromatic nitrogens is 1. The Balaban J connectivity index is 2.03. The van der Waals surface area contributed by atoms with Gasteiger partial charge in [0.05, 0.1) is 12.1 Å². The number of anilines is 1. The highest BCUT2D eigenvalue weighted by Gasteiger charge is 2.07. The minimum Gasteiger partial charge on any atom is -0.451 e. The van der Waals surface area contributed by atoms with Gasteiger partial charge in [-0.25, -0.2) is 4.98 Å². The van der Waals surface area contributed by atoms with Crippen molar-refractivity contribution in [3.05, 3.63) is 47.1 Å². The molecule has 17 heavy (non-hydrogen) atoms. The lowest BCUT2D eigenvalue weighted by atomic mass is 10.2. The van der Waals surface area contributed by atoms with Crippen molar-refractivity contribution < 1.29 is 9.21 Å². The average Bonchev–Trinajstić information content (AvgIpc) is 2.75. The summed E-state index contributed by atoms with van der Waals surface area (Å²) >= 11 is 5.83. The van der Waals surface area contributed by atoms with Crippen molar-refractivity contribution in [3.63, 3.8) is 0 Å². The van der Waals surface area contributed by atoms with Gasteiger partial charge in [0, 0.05) is 10.7 Å². The van der Waals surface area contributed by atoms with Crippen LogP contribution in [0.4, 0.5) is 5.69 Å². The summed E-state index contributed by atoms with van der Waals surface area (Å²) in [7, 11) is 0. The molecule has 5 heteroatoms. The molecule has 4 nitrogen and oxygen atoms in total. The molecule has 0 aliphatic rings. The monoisotopic (exact) mass is 250 g/mol. The standard InChI is InChI=1S/C12H11ClN2O2/c1-8-4-9(13)2-3-11(8)15-12(16)5-10-6-17-7-14-10/h2-4,6-7H,5H2,1H3,(H,15,16). The summed E-state index contributed by atoms with van der Waals surface area (Å²) in [4.78, 5) is 15.6. The van der Waals surface area contributed by atoms with Gasteiger partial charge in [-0.15, -0.1) is 0 Å². The van der Waals surface area contributed by atoms with Crippen LogP contribution in [0.5, 0.6) is 0 Å². The maximum absolute atomic E-state index is 11.7. The van der Waals surface area contributed by atoms with Crippen LogP contribution in [0.3, 0.4) is 0 Å². The van der Waals surface area contributed by atoms with E-state index in [4.69, 9.17) is 16.0 Å². The fourth-order valence-corrected chi connectivity index (χ4v) is 1.68. The van der Waals surface area contributed by atoms with E-state index in [2.05, 4.69) is 10.3 Å². The van der Waals surface area contributed by atoms with Gasteiger partial charge < -0.3 is 9.73 Å². The normalized spacial score (nSPS) is 10.2. The third kappa shape index (κ3) is 3.07. The Morgan fingerprint density at radius 1 is 1.53 bits per heavy atom. The van der Waals surface area contributed by atoms with Gasteiger partial charge >= 0.3 is 0 Å². The second kappa shape index (κ2) is 5.01. The van der Waals surface area contributed by atoms with Crippen molar-refractivity contribution in [1.82, 2.24) is 4.98 Å². The fraction of sp³-hybridized carbons (Fsp3) is 0.167. The Bertz CT molecular complexity index is 523. The summed E-state index contributed by atoms with van der Waals surface area (Å²) in [6.45, 7) is 1.89. The van der Waals surface area contributed by atoms with Crippen molar-refractivity contribution in [3.8, 4) is 0 Å². The molecular weight excluding hydrogens is 240 g/mol. The summed E-state index contributed by atoms with van der Waals surface area (Å²) in [6, 6.07) is 5.31. The van der Waals surface area contributed by atoms with Gasteiger partial charge in [0.15, 0.2) is 6.39 Å². The number of amides is 1. The van der Waals surface area contributed by atoms with E-state index < -0.39 is 0 Å². The first-order valence-electron chi connectivity index (χ1n) is 5.08. The summed E-state index contributed by atoms with van der Waals surface area (Å²) < 4.78 is 4.80. The molecule has 0 bridgehead atoms. The molecule has 1 heterocycles.